The van der Waals surface area contributed by atoms with E-state index in [9.17, 15) is 9.90 Å². The molecule has 0 aromatic carbocycles. The highest BCUT2D eigenvalue weighted by Crippen LogP contribution is 2.39. The average molecular weight is 295 g/mol. The third-order valence-electron chi connectivity index (χ3n) is 4.40. The molecule has 1 saturated carbocycles. The number of carboxylic acids is 1. The molecule has 1 N–H and O–H groups in total. The maximum Gasteiger partial charge on any atom is 0.355 e. The molecule has 1 heterocycles. The summed E-state index contributed by atoms with van der Waals surface area (Å²) < 4.78 is 0. The van der Waals surface area contributed by atoms with E-state index in [0.717, 1.165) is 22.2 Å². The van der Waals surface area contributed by atoms with Crippen LogP contribution in [0.15, 0.2) is 0 Å². The van der Waals surface area contributed by atoms with Crippen LogP contribution in [0.3, 0.4) is 0 Å². The van der Waals surface area contributed by atoms with Crippen molar-refractivity contribution in [3.05, 3.63) is 15.6 Å². The van der Waals surface area contributed by atoms with E-state index >= 15 is 0 Å². The van der Waals surface area contributed by atoms with Gasteiger partial charge in [0.2, 0.25) is 0 Å². The molecule has 0 radical (unpaired) electrons. The number of hydrogen-bond donors (Lipinski definition) is 1. The summed E-state index contributed by atoms with van der Waals surface area (Å²) in [4.78, 5) is 16.5. The molecule has 0 saturated heterocycles. The number of aromatic carboxylic acids is 1. The Hall–Kier alpha value is -0.900. The van der Waals surface area contributed by atoms with E-state index in [1.165, 1.54) is 44.9 Å². The van der Waals surface area contributed by atoms with Gasteiger partial charge < -0.3 is 5.11 Å². The Balaban J connectivity index is 1.98. The van der Waals surface area contributed by atoms with Crippen LogP contribution in [0.5, 0.6) is 0 Å². The molecule has 1 aliphatic carbocycles. The minimum absolute atomic E-state index is 0.292. The Bertz CT molecular complexity index is 447. The topological polar surface area (TPSA) is 50.2 Å². The molecule has 20 heavy (non-hydrogen) atoms. The molecular weight excluding hydrogens is 270 g/mol. The van der Waals surface area contributed by atoms with Gasteiger partial charge in [-0.15, -0.1) is 11.3 Å². The molecule has 0 spiro atoms. The number of rotatable bonds is 6. The SMILES string of the molecule is CCCCC1CCC(c2nc(C(=O)O)c(CC)s2)CC1. The van der Waals surface area contributed by atoms with Crippen LogP contribution in [-0.2, 0) is 6.42 Å². The van der Waals surface area contributed by atoms with Gasteiger partial charge in [0.05, 0.1) is 5.01 Å². The number of carboxylic acid groups (broad SMARTS) is 1. The van der Waals surface area contributed by atoms with Crippen molar-refractivity contribution >= 4 is 17.3 Å². The molecule has 2 rings (SSSR count). The lowest BCUT2D eigenvalue weighted by Gasteiger charge is -2.27. The van der Waals surface area contributed by atoms with Crippen molar-refractivity contribution in [2.45, 2.75) is 71.1 Å². The van der Waals surface area contributed by atoms with Crippen LogP contribution in [0.25, 0.3) is 0 Å². The normalized spacial score (nSPS) is 22.9. The Morgan fingerprint density at radius 3 is 2.50 bits per heavy atom. The second-order valence-corrected chi connectivity index (χ2v) is 6.96. The van der Waals surface area contributed by atoms with E-state index < -0.39 is 5.97 Å². The number of aryl methyl sites for hydroxylation is 1. The predicted octanol–water partition coefficient (Wildman–Crippen LogP) is 4.87. The lowest BCUT2D eigenvalue weighted by Crippen LogP contribution is -2.13. The van der Waals surface area contributed by atoms with Gasteiger partial charge in [-0.3, -0.25) is 0 Å². The lowest BCUT2D eigenvalue weighted by atomic mass is 9.80. The van der Waals surface area contributed by atoms with Crippen molar-refractivity contribution in [2.75, 3.05) is 0 Å². The Labute approximate surface area is 125 Å². The monoisotopic (exact) mass is 295 g/mol. The average Bonchev–Trinajstić information content (AvgIpc) is 2.90. The zero-order valence-electron chi connectivity index (χ0n) is 12.5. The first kappa shape index (κ1) is 15.5. The molecular formula is C16H25NO2S. The van der Waals surface area contributed by atoms with Gasteiger partial charge in [-0.05, 0) is 38.0 Å². The van der Waals surface area contributed by atoms with Crippen LogP contribution >= 0.6 is 11.3 Å². The second kappa shape index (κ2) is 7.21. The minimum atomic E-state index is -0.874. The van der Waals surface area contributed by atoms with Gasteiger partial charge in [-0.2, -0.15) is 0 Å². The van der Waals surface area contributed by atoms with Gasteiger partial charge in [0.25, 0.3) is 0 Å². The maximum absolute atomic E-state index is 11.2. The van der Waals surface area contributed by atoms with Crippen LogP contribution in [0.2, 0.25) is 0 Å². The van der Waals surface area contributed by atoms with Crippen molar-refractivity contribution < 1.29 is 9.90 Å². The Morgan fingerprint density at radius 1 is 1.30 bits per heavy atom. The van der Waals surface area contributed by atoms with Crippen molar-refractivity contribution in [1.29, 1.82) is 0 Å². The fraction of sp³-hybridized carbons (Fsp3) is 0.750. The van der Waals surface area contributed by atoms with Crippen molar-refractivity contribution in [3.8, 4) is 0 Å². The fourth-order valence-corrected chi connectivity index (χ4v) is 4.31. The molecule has 0 atom stereocenters. The summed E-state index contributed by atoms with van der Waals surface area (Å²) in [6.07, 6.45) is 9.70. The molecule has 1 aromatic rings. The predicted molar refractivity (Wildman–Crippen MR) is 82.7 cm³/mol. The standard InChI is InChI=1S/C16H25NO2S/c1-3-5-6-11-7-9-12(10-8-11)15-17-14(16(18)19)13(4-2)20-15/h11-12H,3-10H2,1-2H3,(H,18,19). The van der Waals surface area contributed by atoms with E-state index in [1.807, 2.05) is 6.92 Å². The van der Waals surface area contributed by atoms with Crippen molar-refractivity contribution in [1.82, 2.24) is 4.98 Å². The quantitative estimate of drug-likeness (QED) is 0.814. The van der Waals surface area contributed by atoms with Crippen LogP contribution in [0.4, 0.5) is 0 Å². The molecule has 4 heteroatoms. The van der Waals surface area contributed by atoms with Crippen LogP contribution < -0.4 is 0 Å². The van der Waals surface area contributed by atoms with Gasteiger partial charge in [-0.1, -0.05) is 33.1 Å². The summed E-state index contributed by atoms with van der Waals surface area (Å²) in [5.41, 5.74) is 0.292. The van der Waals surface area contributed by atoms with Gasteiger partial charge in [0.1, 0.15) is 0 Å². The molecule has 0 amide bonds. The van der Waals surface area contributed by atoms with Gasteiger partial charge in [0, 0.05) is 10.8 Å². The number of carbonyl (C=O) groups is 1. The zero-order valence-corrected chi connectivity index (χ0v) is 13.3. The molecule has 1 aromatic heterocycles. The van der Waals surface area contributed by atoms with E-state index in [2.05, 4.69) is 11.9 Å². The number of nitrogens with zero attached hydrogens (tertiary/aromatic N) is 1. The smallest absolute Gasteiger partial charge is 0.355 e. The first-order valence-corrected chi connectivity index (χ1v) is 8.70. The summed E-state index contributed by atoms with van der Waals surface area (Å²) >= 11 is 1.62. The van der Waals surface area contributed by atoms with E-state index in [-0.39, 0.29) is 0 Å². The first-order chi connectivity index (χ1) is 9.65. The maximum atomic E-state index is 11.2. The van der Waals surface area contributed by atoms with Crippen LogP contribution in [0, 0.1) is 5.92 Å². The summed E-state index contributed by atoms with van der Waals surface area (Å²) in [6, 6.07) is 0. The number of unbranched alkanes of at least 4 members (excludes halogenated alkanes) is 1. The summed E-state index contributed by atoms with van der Waals surface area (Å²) in [6.45, 7) is 4.26. The Kier molecular flexibility index (Phi) is 5.58. The zero-order chi connectivity index (χ0) is 14.5. The molecule has 1 fully saturated rings. The molecule has 112 valence electrons. The highest BCUT2D eigenvalue weighted by Gasteiger charge is 2.26. The highest BCUT2D eigenvalue weighted by atomic mass is 32.1. The van der Waals surface area contributed by atoms with Crippen molar-refractivity contribution in [2.24, 2.45) is 5.92 Å². The van der Waals surface area contributed by atoms with Crippen molar-refractivity contribution in [3.63, 3.8) is 0 Å². The minimum Gasteiger partial charge on any atom is -0.476 e. The van der Waals surface area contributed by atoms with E-state index in [0.29, 0.717) is 11.6 Å². The van der Waals surface area contributed by atoms with Gasteiger partial charge in [-0.25, -0.2) is 9.78 Å². The van der Waals surface area contributed by atoms with Crippen LogP contribution in [0.1, 0.15) is 85.1 Å². The largest absolute Gasteiger partial charge is 0.476 e. The third kappa shape index (κ3) is 3.60. The Morgan fingerprint density at radius 2 is 2.00 bits per heavy atom. The van der Waals surface area contributed by atoms with Gasteiger partial charge in [0.15, 0.2) is 5.69 Å². The summed E-state index contributed by atoms with van der Waals surface area (Å²) in [5, 5.41) is 10.3. The highest BCUT2D eigenvalue weighted by molar-refractivity contribution is 7.12. The second-order valence-electron chi connectivity index (χ2n) is 5.84. The summed E-state index contributed by atoms with van der Waals surface area (Å²) in [7, 11) is 0. The number of aromatic nitrogens is 1. The number of hydrogen-bond acceptors (Lipinski definition) is 3. The first-order valence-electron chi connectivity index (χ1n) is 7.88. The molecule has 1 aliphatic rings. The summed E-state index contributed by atoms with van der Waals surface area (Å²) in [5.74, 6) is 0.507. The molecule has 0 unspecified atom stereocenters. The van der Waals surface area contributed by atoms with Gasteiger partial charge >= 0.3 is 5.97 Å². The molecule has 0 aliphatic heterocycles. The molecule has 0 bridgehead atoms. The number of thiazole rings is 1. The third-order valence-corrected chi connectivity index (χ3v) is 5.76. The van der Waals surface area contributed by atoms with Crippen LogP contribution in [-0.4, -0.2) is 16.1 Å². The molecule has 3 nitrogen and oxygen atoms in total. The van der Waals surface area contributed by atoms with E-state index in [1.54, 1.807) is 11.3 Å². The lowest BCUT2D eigenvalue weighted by molar-refractivity contribution is 0.0690. The van der Waals surface area contributed by atoms with E-state index in [4.69, 9.17) is 0 Å². The fourth-order valence-electron chi connectivity index (χ4n) is 3.14.